The van der Waals surface area contributed by atoms with Gasteiger partial charge in [0, 0.05) is 29.1 Å². The monoisotopic (exact) mass is 642 g/mol. The Labute approximate surface area is 263 Å². The number of allylic oxidation sites excluding steroid dienone is 1. The van der Waals surface area contributed by atoms with Gasteiger partial charge in [-0.05, 0) is 98.2 Å². The number of rotatable bonds is 2. The Kier molecular flexibility index (Phi) is 8.69. The quantitative estimate of drug-likeness (QED) is 0.362. The predicted octanol–water partition coefficient (Wildman–Crippen LogP) is 4.54. The van der Waals surface area contributed by atoms with Gasteiger partial charge in [0.05, 0.1) is 37.2 Å². The van der Waals surface area contributed by atoms with E-state index in [4.69, 9.17) is 21.1 Å². The van der Waals surface area contributed by atoms with Crippen LogP contribution in [0.5, 0.6) is 5.75 Å². The van der Waals surface area contributed by atoms with E-state index in [9.17, 15) is 23.1 Å². The van der Waals surface area contributed by atoms with Crippen molar-refractivity contribution in [3.63, 3.8) is 0 Å². The Morgan fingerprint density at radius 1 is 1.20 bits per heavy atom. The fraction of sp³-hybridized carbons (Fsp3) is 0.515. The number of fused-ring (bicyclic) bond motifs is 4. The van der Waals surface area contributed by atoms with E-state index < -0.39 is 33.3 Å². The highest BCUT2D eigenvalue weighted by atomic mass is 35.5. The van der Waals surface area contributed by atoms with Gasteiger partial charge in [0.15, 0.2) is 0 Å². The molecule has 6 rings (SSSR count). The molecular formula is C33H39ClN2O7S. The molecule has 0 aromatic heterocycles. The summed E-state index contributed by atoms with van der Waals surface area (Å²) in [5, 5.41) is 10.7. The average molecular weight is 643 g/mol. The summed E-state index contributed by atoms with van der Waals surface area (Å²) in [4.78, 5) is 27.8. The van der Waals surface area contributed by atoms with E-state index in [0.717, 1.165) is 37.8 Å². The molecule has 2 N–H and O–H groups in total. The smallest absolute Gasteiger partial charge is 0.306 e. The minimum atomic E-state index is -4.23. The lowest BCUT2D eigenvalue weighted by Crippen LogP contribution is -2.49. The number of aliphatic hydroxyl groups excluding tert-OH is 1. The van der Waals surface area contributed by atoms with Gasteiger partial charge in [-0.3, -0.25) is 9.59 Å². The van der Waals surface area contributed by atoms with Crippen LogP contribution in [0.4, 0.5) is 5.69 Å². The van der Waals surface area contributed by atoms with Gasteiger partial charge in [0.1, 0.15) is 5.75 Å². The normalized spacial score (nSPS) is 30.4. The fourth-order valence-electron chi connectivity index (χ4n) is 7.38. The van der Waals surface area contributed by atoms with Gasteiger partial charge in [0.25, 0.3) is 5.91 Å². The predicted molar refractivity (Wildman–Crippen MR) is 168 cm³/mol. The van der Waals surface area contributed by atoms with Crippen molar-refractivity contribution < 1.29 is 32.6 Å². The molecule has 0 saturated heterocycles. The van der Waals surface area contributed by atoms with Crippen molar-refractivity contribution in [1.82, 2.24) is 4.72 Å². The third-order valence-corrected chi connectivity index (χ3v) is 11.9. The maximum Gasteiger partial charge on any atom is 0.306 e. The van der Waals surface area contributed by atoms with E-state index in [1.165, 1.54) is 18.2 Å². The lowest BCUT2D eigenvalue weighted by Gasteiger charge is -2.45. The van der Waals surface area contributed by atoms with Crippen molar-refractivity contribution in [2.75, 3.05) is 31.7 Å². The Morgan fingerprint density at radius 2 is 2.05 bits per heavy atom. The van der Waals surface area contributed by atoms with Crippen molar-refractivity contribution in [2.45, 2.75) is 68.1 Å². The van der Waals surface area contributed by atoms with Crippen LogP contribution >= 0.6 is 11.6 Å². The van der Waals surface area contributed by atoms with Crippen LogP contribution in [0, 0.1) is 11.8 Å². The number of ether oxygens (including phenoxy) is 2. The molecule has 11 heteroatoms. The molecule has 0 radical (unpaired) electrons. The molecule has 1 amide bonds. The van der Waals surface area contributed by atoms with Gasteiger partial charge in [-0.25, -0.2) is 13.1 Å². The van der Waals surface area contributed by atoms with Gasteiger partial charge in [-0.1, -0.05) is 29.8 Å². The number of aliphatic hydroxyl groups is 1. The van der Waals surface area contributed by atoms with Gasteiger partial charge in [-0.2, -0.15) is 0 Å². The summed E-state index contributed by atoms with van der Waals surface area (Å²) in [7, 11) is -3.03. The largest absolute Gasteiger partial charge is 0.490 e. The molecule has 2 aliphatic carbocycles. The van der Waals surface area contributed by atoms with Gasteiger partial charge >= 0.3 is 5.97 Å². The second-order valence-electron chi connectivity index (χ2n) is 12.7. The topological polar surface area (TPSA) is 122 Å². The number of carbonyl (C=O) groups excluding carboxylic acids is 2. The van der Waals surface area contributed by atoms with Crippen LogP contribution in [0.3, 0.4) is 0 Å². The number of hydrogen-bond acceptors (Lipinski definition) is 8. The second kappa shape index (κ2) is 12.4. The van der Waals surface area contributed by atoms with Crippen LogP contribution in [-0.4, -0.2) is 63.6 Å². The zero-order chi connectivity index (χ0) is 31.1. The summed E-state index contributed by atoms with van der Waals surface area (Å²) < 4.78 is 40.2. The Balaban J connectivity index is 1.40. The Morgan fingerprint density at radius 3 is 2.82 bits per heavy atom. The van der Waals surface area contributed by atoms with Crippen LogP contribution in [-0.2, 0) is 31.4 Å². The molecule has 1 spiro atoms. The van der Waals surface area contributed by atoms with Crippen molar-refractivity contribution in [1.29, 1.82) is 0 Å². The number of carbonyl (C=O) groups is 2. The summed E-state index contributed by atoms with van der Waals surface area (Å²) in [5.74, 6) is -0.533. The lowest BCUT2D eigenvalue weighted by atomic mass is 9.68. The van der Waals surface area contributed by atoms with Gasteiger partial charge in [0.2, 0.25) is 10.0 Å². The van der Waals surface area contributed by atoms with Crippen LogP contribution in [0.25, 0.3) is 0 Å². The molecule has 236 valence electrons. The number of amides is 1. The van der Waals surface area contributed by atoms with Crippen LogP contribution in [0.1, 0.15) is 66.4 Å². The first-order valence-electron chi connectivity index (χ1n) is 15.4. The van der Waals surface area contributed by atoms with E-state index >= 15 is 0 Å². The van der Waals surface area contributed by atoms with Crippen LogP contribution in [0.15, 0.2) is 48.6 Å². The van der Waals surface area contributed by atoms with Crippen molar-refractivity contribution in [3.8, 4) is 5.75 Å². The van der Waals surface area contributed by atoms with Crippen molar-refractivity contribution in [3.05, 3.63) is 70.3 Å². The summed E-state index contributed by atoms with van der Waals surface area (Å²) in [6.07, 6.45) is 7.60. The van der Waals surface area contributed by atoms with Crippen molar-refractivity contribution >= 4 is 39.2 Å². The number of halogens is 1. The second-order valence-corrected chi connectivity index (χ2v) is 15.1. The lowest BCUT2D eigenvalue weighted by molar-refractivity contribution is -0.140. The number of aryl methyl sites for hydroxylation is 1. The number of nitrogens with one attached hydrogen (secondary N) is 1. The highest BCUT2D eigenvalue weighted by molar-refractivity contribution is 7.90. The van der Waals surface area contributed by atoms with Crippen LogP contribution in [0.2, 0.25) is 5.02 Å². The number of nitrogens with zero attached hydrogens (tertiary/aromatic N) is 1. The van der Waals surface area contributed by atoms with Crippen LogP contribution < -0.4 is 14.4 Å². The molecule has 2 aromatic carbocycles. The standard InChI is InChI=1S/C33H39ClN2O7S/c1-42-31(38)17-25-6-2-3-7-29(37)26-11-8-23(26)18-36-19-33(14-4-5-21-15-24(34)10-12-27(21)33)20-43-30-13-9-22(16-28(30)36)32(39)35-44(25,40)41/h3,7,9-10,12-13,15-16,23,25-26,29,37H,2,4-6,8,11,14,17-20H2,1H3,(H,35,39)/b7-3+/t23-,25-,26+,29-,33-/m0/s1. The number of benzene rings is 2. The summed E-state index contributed by atoms with van der Waals surface area (Å²) in [6, 6.07) is 11.1. The number of sulfonamides is 1. The Bertz CT molecular complexity index is 1580. The van der Waals surface area contributed by atoms with E-state index in [-0.39, 0.29) is 35.7 Å². The molecule has 5 atom stereocenters. The molecule has 1 saturated carbocycles. The molecule has 2 aromatic rings. The zero-order valence-corrected chi connectivity index (χ0v) is 26.4. The first kappa shape index (κ1) is 30.9. The fourth-order valence-corrected chi connectivity index (χ4v) is 8.92. The number of hydrogen-bond donors (Lipinski definition) is 2. The molecular weight excluding hydrogens is 604 g/mol. The van der Waals surface area contributed by atoms with E-state index in [1.54, 1.807) is 30.4 Å². The third kappa shape index (κ3) is 6.08. The van der Waals surface area contributed by atoms with E-state index in [2.05, 4.69) is 15.7 Å². The first-order chi connectivity index (χ1) is 21.1. The number of anilines is 1. The minimum absolute atomic E-state index is 0.0567. The molecule has 2 aliphatic heterocycles. The summed E-state index contributed by atoms with van der Waals surface area (Å²) in [5.41, 5.74) is 3.05. The van der Waals surface area contributed by atoms with Gasteiger partial charge in [-0.15, -0.1) is 0 Å². The maximum atomic E-state index is 13.4. The van der Waals surface area contributed by atoms with E-state index in [0.29, 0.717) is 36.9 Å². The number of methoxy groups -OCH3 is 1. The Hall–Kier alpha value is -3.08. The molecule has 9 nitrogen and oxygen atoms in total. The SMILES string of the molecule is COC(=O)C[C@@H]1CC/C=C/[C@H](O)[C@@H]2CC[C@H]2CN2C[C@@]3(CCCc4cc(Cl)ccc43)COc3ccc(cc32)C(=O)NS1(=O)=O. The van der Waals surface area contributed by atoms with Gasteiger partial charge < -0.3 is 19.5 Å². The number of esters is 1. The highest BCUT2D eigenvalue weighted by Crippen LogP contribution is 2.46. The third-order valence-electron chi connectivity index (χ3n) is 9.95. The molecule has 0 unspecified atom stereocenters. The highest BCUT2D eigenvalue weighted by Gasteiger charge is 2.44. The molecule has 1 fully saturated rings. The minimum Gasteiger partial charge on any atom is -0.490 e. The van der Waals surface area contributed by atoms with E-state index in [1.807, 2.05) is 12.1 Å². The molecule has 44 heavy (non-hydrogen) atoms. The maximum absolute atomic E-state index is 13.4. The first-order valence-corrected chi connectivity index (χ1v) is 17.3. The summed E-state index contributed by atoms with van der Waals surface area (Å²) >= 11 is 6.38. The summed E-state index contributed by atoms with van der Waals surface area (Å²) in [6.45, 7) is 1.77. The average Bonchev–Trinajstić information content (AvgIpc) is 3.12. The molecule has 2 heterocycles. The molecule has 4 aliphatic rings. The molecule has 2 bridgehead atoms. The van der Waals surface area contributed by atoms with Crippen molar-refractivity contribution in [2.24, 2.45) is 11.8 Å². The zero-order valence-electron chi connectivity index (χ0n) is 24.8.